The van der Waals surface area contributed by atoms with Crippen molar-refractivity contribution in [2.75, 3.05) is 31.6 Å². The highest BCUT2D eigenvalue weighted by Crippen LogP contribution is 2.23. The second-order valence-electron chi connectivity index (χ2n) is 7.29. The molecule has 0 aromatic heterocycles. The number of benzene rings is 2. The molecule has 2 N–H and O–H groups in total. The van der Waals surface area contributed by atoms with Crippen molar-refractivity contribution >= 4 is 27.5 Å². The summed E-state index contributed by atoms with van der Waals surface area (Å²) in [5.74, 6) is -0.724. The number of carbonyl (C=O) groups excluding carboxylic acids is 2. The molecular formula is C21H23N3O5S. The first-order chi connectivity index (χ1) is 14.4. The first kappa shape index (κ1) is 20.5. The van der Waals surface area contributed by atoms with Gasteiger partial charge in [0.15, 0.2) is 0 Å². The highest BCUT2D eigenvalue weighted by Gasteiger charge is 2.27. The van der Waals surface area contributed by atoms with Gasteiger partial charge in [0.05, 0.1) is 29.4 Å². The van der Waals surface area contributed by atoms with Crippen LogP contribution in [-0.4, -0.2) is 56.9 Å². The third kappa shape index (κ3) is 4.53. The van der Waals surface area contributed by atoms with Crippen LogP contribution >= 0.6 is 0 Å². The lowest BCUT2D eigenvalue weighted by Gasteiger charge is -2.26. The monoisotopic (exact) mass is 429 g/mol. The molecular weight excluding hydrogens is 406 g/mol. The molecule has 1 heterocycles. The standard InChI is InChI=1S/C21H23N3O5S/c25-20(23-19-7-2-1-6-18(19)21(26)22-16-8-9-16)15-4-3-5-17(14-15)30(27,28)24-10-12-29-13-11-24/h1-7,14,16H,8-13H2,(H,22,26)(H,23,25). The molecule has 0 radical (unpaired) electrons. The maximum atomic E-state index is 12.9. The van der Waals surface area contributed by atoms with Crippen LogP contribution in [0.4, 0.5) is 5.69 Å². The lowest BCUT2D eigenvalue weighted by molar-refractivity contribution is 0.0730. The van der Waals surface area contributed by atoms with Gasteiger partial charge in [0.25, 0.3) is 11.8 Å². The Hall–Kier alpha value is -2.75. The average molecular weight is 429 g/mol. The number of anilines is 1. The first-order valence-electron chi connectivity index (χ1n) is 9.84. The summed E-state index contributed by atoms with van der Waals surface area (Å²) in [4.78, 5) is 25.3. The van der Waals surface area contributed by atoms with E-state index in [1.54, 1.807) is 30.3 Å². The highest BCUT2D eigenvalue weighted by atomic mass is 32.2. The third-order valence-corrected chi connectivity index (χ3v) is 6.93. The summed E-state index contributed by atoms with van der Waals surface area (Å²) < 4.78 is 32.3. The molecule has 1 aliphatic carbocycles. The highest BCUT2D eigenvalue weighted by molar-refractivity contribution is 7.89. The molecule has 2 fully saturated rings. The Morgan fingerprint density at radius 2 is 1.70 bits per heavy atom. The van der Waals surface area contributed by atoms with Gasteiger partial charge in [0, 0.05) is 24.7 Å². The fourth-order valence-corrected chi connectivity index (χ4v) is 4.66. The predicted molar refractivity (Wildman–Crippen MR) is 111 cm³/mol. The number of carbonyl (C=O) groups is 2. The number of nitrogens with one attached hydrogen (secondary N) is 2. The normalized spacial score (nSPS) is 17.3. The van der Waals surface area contributed by atoms with E-state index in [4.69, 9.17) is 4.74 Å². The topological polar surface area (TPSA) is 105 Å². The molecule has 2 aliphatic rings. The van der Waals surface area contributed by atoms with E-state index in [0.29, 0.717) is 24.5 Å². The third-order valence-electron chi connectivity index (χ3n) is 5.04. The van der Waals surface area contributed by atoms with Gasteiger partial charge < -0.3 is 15.4 Å². The summed E-state index contributed by atoms with van der Waals surface area (Å²) >= 11 is 0. The van der Waals surface area contributed by atoms with Gasteiger partial charge in [-0.2, -0.15) is 4.31 Å². The second-order valence-corrected chi connectivity index (χ2v) is 9.23. The van der Waals surface area contributed by atoms with Gasteiger partial charge in [-0.3, -0.25) is 9.59 Å². The van der Waals surface area contributed by atoms with E-state index >= 15 is 0 Å². The van der Waals surface area contributed by atoms with Gasteiger partial charge in [-0.25, -0.2) is 8.42 Å². The minimum atomic E-state index is -3.71. The molecule has 30 heavy (non-hydrogen) atoms. The molecule has 2 amide bonds. The van der Waals surface area contributed by atoms with E-state index in [9.17, 15) is 18.0 Å². The van der Waals surface area contributed by atoms with Crippen LogP contribution in [-0.2, 0) is 14.8 Å². The zero-order valence-electron chi connectivity index (χ0n) is 16.3. The fourth-order valence-electron chi connectivity index (χ4n) is 3.21. The predicted octanol–water partition coefficient (Wildman–Crippen LogP) is 1.85. The van der Waals surface area contributed by atoms with Gasteiger partial charge in [-0.05, 0) is 43.2 Å². The van der Waals surface area contributed by atoms with Crippen LogP contribution < -0.4 is 10.6 Å². The van der Waals surface area contributed by atoms with E-state index in [2.05, 4.69) is 10.6 Å². The lowest BCUT2D eigenvalue weighted by atomic mass is 10.1. The minimum Gasteiger partial charge on any atom is -0.379 e. The molecule has 0 atom stereocenters. The number of nitrogens with zero attached hydrogens (tertiary/aromatic N) is 1. The first-order valence-corrected chi connectivity index (χ1v) is 11.3. The van der Waals surface area contributed by atoms with Gasteiger partial charge >= 0.3 is 0 Å². The van der Waals surface area contributed by atoms with Crippen LogP contribution in [0.15, 0.2) is 53.4 Å². The SMILES string of the molecule is O=C(Nc1ccccc1C(=O)NC1CC1)c1cccc(S(=O)(=O)N2CCOCC2)c1. The number of para-hydroxylation sites is 1. The van der Waals surface area contributed by atoms with Crippen molar-refractivity contribution in [3.8, 4) is 0 Å². The van der Waals surface area contributed by atoms with Crippen molar-refractivity contribution in [2.45, 2.75) is 23.8 Å². The van der Waals surface area contributed by atoms with Crippen LogP contribution in [0, 0.1) is 0 Å². The lowest BCUT2D eigenvalue weighted by Crippen LogP contribution is -2.40. The maximum absolute atomic E-state index is 12.9. The minimum absolute atomic E-state index is 0.0526. The zero-order valence-corrected chi connectivity index (χ0v) is 17.2. The van der Waals surface area contributed by atoms with E-state index in [1.165, 1.54) is 22.5 Å². The number of morpholine rings is 1. The van der Waals surface area contributed by atoms with Crippen LogP contribution in [0.2, 0.25) is 0 Å². The van der Waals surface area contributed by atoms with Crippen molar-refractivity contribution in [1.29, 1.82) is 0 Å². The van der Waals surface area contributed by atoms with Gasteiger partial charge in [-0.1, -0.05) is 18.2 Å². The van der Waals surface area contributed by atoms with Crippen molar-refractivity contribution in [3.63, 3.8) is 0 Å². The Morgan fingerprint density at radius 1 is 0.967 bits per heavy atom. The summed E-state index contributed by atoms with van der Waals surface area (Å²) in [6.07, 6.45) is 1.93. The fraction of sp³-hybridized carbons (Fsp3) is 0.333. The molecule has 0 unspecified atom stereocenters. The van der Waals surface area contributed by atoms with Crippen molar-refractivity contribution < 1.29 is 22.7 Å². The number of amides is 2. The van der Waals surface area contributed by atoms with Crippen LogP contribution in [0.1, 0.15) is 33.6 Å². The molecule has 8 nitrogen and oxygen atoms in total. The number of hydrogen-bond donors (Lipinski definition) is 2. The Kier molecular flexibility index (Phi) is 5.85. The molecule has 1 saturated carbocycles. The molecule has 0 bridgehead atoms. The maximum Gasteiger partial charge on any atom is 0.255 e. The number of sulfonamides is 1. The van der Waals surface area contributed by atoms with Gasteiger partial charge in [0.1, 0.15) is 0 Å². The number of rotatable bonds is 6. The Balaban J connectivity index is 1.53. The molecule has 2 aromatic carbocycles. The average Bonchev–Trinajstić information content (AvgIpc) is 3.59. The molecule has 0 spiro atoms. The molecule has 158 valence electrons. The summed E-state index contributed by atoms with van der Waals surface area (Å²) in [5, 5.41) is 5.64. The van der Waals surface area contributed by atoms with Crippen LogP contribution in [0.25, 0.3) is 0 Å². The largest absolute Gasteiger partial charge is 0.379 e. The van der Waals surface area contributed by atoms with Crippen LogP contribution in [0.5, 0.6) is 0 Å². The van der Waals surface area contributed by atoms with Crippen molar-refractivity contribution in [2.24, 2.45) is 0 Å². The van der Waals surface area contributed by atoms with Gasteiger partial charge in [-0.15, -0.1) is 0 Å². The Bertz CT molecular complexity index is 1060. The molecule has 4 rings (SSSR count). The molecule has 1 aliphatic heterocycles. The zero-order chi connectivity index (χ0) is 21.1. The van der Waals surface area contributed by atoms with E-state index in [0.717, 1.165) is 12.8 Å². The molecule has 9 heteroatoms. The summed E-state index contributed by atoms with van der Waals surface area (Å²) in [6.45, 7) is 1.25. The second kappa shape index (κ2) is 8.55. The molecule has 2 aromatic rings. The number of hydrogen-bond acceptors (Lipinski definition) is 5. The summed E-state index contributed by atoms with van der Waals surface area (Å²) in [7, 11) is -3.71. The van der Waals surface area contributed by atoms with Crippen molar-refractivity contribution in [1.82, 2.24) is 9.62 Å². The van der Waals surface area contributed by atoms with Crippen molar-refractivity contribution in [3.05, 3.63) is 59.7 Å². The smallest absolute Gasteiger partial charge is 0.255 e. The quantitative estimate of drug-likeness (QED) is 0.729. The van der Waals surface area contributed by atoms with E-state index in [-0.39, 0.29) is 35.5 Å². The molecule has 1 saturated heterocycles. The summed E-state index contributed by atoms with van der Waals surface area (Å²) in [5.41, 5.74) is 0.943. The number of ether oxygens (including phenoxy) is 1. The van der Waals surface area contributed by atoms with E-state index < -0.39 is 15.9 Å². The van der Waals surface area contributed by atoms with Crippen LogP contribution in [0.3, 0.4) is 0 Å². The summed E-state index contributed by atoms with van der Waals surface area (Å²) in [6, 6.07) is 12.8. The van der Waals surface area contributed by atoms with E-state index in [1.807, 2.05) is 0 Å². The Morgan fingerprint density at radius 3 is 2.43 bits per heavy atom. The van der Waals surface area contributed by atoms with Gasteiger partial charge in [0.2, 0.25) is 10.0 Å². The Labute approximate surface area is 175 Å².